The maximum Gasteiger partial charge on any atom is 0.387 e. The lowest BCUT2D eigenvalue weighted by Gasteiger charge is -2.12. The number of nitriles is 1. The molecule has 1 aromatic carbocycles. The van der Waals surface area contributed by atoms with Crippen LogP contribution in [0.4, 0.5) is 8.78 Å². The molecule has 0 bridgehead atoms. The van der Waals surface area contributed by atoms with E-state index in [4.69, 9.17) is 16.9 Å². The molecule has 0 spiro atoms. The lowest BCUT2D eigenvalue weighted by Crippen LogP contribution is -2.15. The van der Waals surface area contributed by atoms with Gasteiger partial charge in [-0.15, -0.1) is 0 Å². The summed E-state index contributed by atoms with van der Waals surface area (Å²) in [5.74, 6) is -0.221. The summed E-state index contributed by atoms with van der Waals surface area (Å²) in [6.07, 6.45) is 1.67. The van der Waals surface area contributed by atoms with Crippen LogP contribution >= 0.6 is 23.4 Å². The fourth-order valence-electron chi connectivity index (χ4n) is 1.73. The van der Waals surface area contributed by atoms with Crippen LogP contribution in [-0.4, -0.2) is 22.8 Å². The highest BCUT2D eigenvalue weighted by atomic mass is 35.5. The summed E-state index contributed by atoms with van der Waals surface area (Å²) in [5, 5.41) is 9.60. The smallest absolute Gasteiger partial charge is 0.387 e. The van der Waals surface area contributed by atoms with Gasteiger partial charge in [-0.05, 0) is 24.5 Å². The van der Waals surface area contributed by atoms with Gasteiger partial charge in [-0.3, -0.25) is 4.79 Å². The number of aromatic amines is 1. The first kappa shape index (κ1) is 16.3. The second-order valence-electron chi connectivity index (χ2n) is 3.93. The fourth-order valence-corrected chi connectivity index (χ4v) is 2.28. The normalized spacial score (nSPS) is 10.5. The van der Waals surface area contributed by atoms with Crippen LogP contribution in [0.15, 0.2) is 28.2 Å². The average molecular weight is 344 g/mol. The van der Waals surface area contributed by atoms with Crippen molar-refractivity contribution in [1.82, 2.24) is 9.97 Å². The van der Waals surface area contributed by atoms with Crippen molar-refractivity contribution in [2.75, 3.05) is 6.26 Å². The molecule has 0 aliphatic carbocycles. The Labute approximate surface area is 132 Å². The van der Waals surface area contributed by atoms with Gasteiger partial charge < -0.3 is 9.72 Å². The molecule has 0 unspecified atom stereocenters. The fraction of sp³-hybridized carbons (Fsp3) is 0.154. The van der Waals surface area contributed by atoms with Crippen LogP contribution in [0.5, 0.6) is 5.75 Å². The second-order valence-corrected chi connectivity index (χ2v) is 5.16. The van der Waals surface area contributed by atoms with Crippen LogP contribution in [0.2, 0.25) is 5.02 Å². The van der Waals surface area contributed by atoms with Crippen LogP contribution < -0.4 is 10.3 Å². The van der Waals surface area contributed by atoms with Crippen molar-refractivity contribution in [2.24, 2.45) is 0 Å². The number of benzene rings is 1. The Bertz CT molecular complexity index is 805. The van der Waals surface area contributed by atoms with E-state index in [-0.39, 0.29) is 32.7 Å². The number of hydrogen-bond donors (Lipinski definition) is 1. The van der Waals surface area contributed by atoms with Crippen molar-refractivity contribution in [3.8, 4) is 23.1 Å². The molecule has 1 N–H and O–H groups in total. The number of thioether (sulfide) groups is 1. The first-order valence-electron chi connectivity index (χ1n) is 5.79. The first-order chi connectivity index (χ1) is 10.5. The van der Waals surface area contributed by atoms with E-state index in [1.807, 2.05) is 0 Å². The molecule has 0 aliphatic rings. The Hall–Kier alpha value is -2.11. The minimum atomic E-state index is -3.06. The summed E-state index contributed by atoms with van der Waals surface area (Å²) in [7, 11) is 0. The number of nitrogens with one attached hydrogen (secondary N) is 1. The summed E-state index contributed by atoms with van der Waals surface area (Å²) in [6.45, 7) is -3.06. The first-order valence-corrected chi connectivity index (χ1v) is 7.39. The third-order valence-electron chi connectivity index (χ3n) is 2.62. The van der Waals surface area contributed by atoms with Gasteiger partial charge >= 0.3 is 6.61 Å². The monoisotopic (exact) mass is 343 g/mol. The van der Waals surface area contributed by atoms with Crippen molar-refractivity contribution in [3.05, 3.63) is 39.1 Å². The van der Waals surface area contributed by atoms with Gasteiger partial charge in [0.2, 0.25) is 0 Å². The van der Waals surface area contributed by atoms with E-state index < -0.39 is 12.2 Å². The molecule has 0 amide bonds. The zero-order valence-corrected chi connectivity index (χ0v) is 12.6. The van der Waals surface area contributed by atoms with Crippen LogP contribution in [0.3, 0.4) is 0 Å². The zero-order valence-electron chi connectivity index (χ0n) is 11.1. The summed E-state index contributed by atoms with van der Waals surface area (Å²) in [5.41, 5.74) is -0.987. The van der Waals surface area contributed by atoms with E-state index >= 15 is 0 Å². The Kier molecular flexibility index (Phi) is 5.00. The minimum Gasteiger partial charge on any atom is -0.434 e. The van der Waals surface area contributed by atoms with Gasteiger partial charge in [-0.25, -0.2) is 4.98 Å². The van der Waals surface area contributed by atoms with E-state index in [0.717, 1.165) is 11.8 Å². The van der Waals surface area contributed by atoms with Crippen molar-refractivity contribution in [3.63, 3.8) is 0 Å². The molecule has 9 heteroatoms. The van der Waals surface area contributed by atoms with Crippen molar-refractivity contribution >= 4 is 23.4 Å². The lowest BCUT2D eigenvalue weighted by molar-refractivity contribution is -0.0494. The molecule has 2 aromatic rings. The molecule has 0 atom stereocenters. The third kappa shape index (κ3) is 3.37. The van der Waals surface area contributed by atoms with Gasteiger partial charge in [0.15, 0.2) is 5.16 Å². The van der Waals surface area contributed by atoms with Gasteiger partial charge in [0.25, 0.3) is 5.56 Å². The zero-order chi connectivity index (χ0) is 16.3. The van der Waals surface area contributed by atoms with E-state index in [9.17, 15) is 13.6 Å². The number of ether oxygens (including phenoxy) is 1. The number of H-pyrrole nitrogens is 1. The molecule has 0 fully saturated rings. The van der Waals surface area contributed by atoms with Gasteiger partial charge in [0.05, 0.1) is 0 Å². The number of halogens is 3. The molecule has 0 aliphatic heterocycles. The molecule has 0 saturated heterocycles. The number of nitrogens with zero attached hydrogens (tertiary/aromatic N) is 2. The number of aromatic nitrogens is 2. The highest BCUT2D eigenvalue weighted by molar-refractivity contribution is 7.98. The molecular weight excluding hydrogens is 336 g/mol. The van der Waals surface area contributed by atoms with Gasteiger partial charge in [-0.1, -0.05) is 23.4 Å². The minimum absolute atomic E-state index is 0.0470. The quantitative estimate of drug-likeness (QED) is 0.680. The Balaban J connectivity index is 2.75. The molecule has 0 radical (unpaired) electrons. The van der Waals surface area contributed by atoms with Gasteiger partial charge in [0.1, 0.15) is 23.1 Å². The van der Waals surface area contributed by atoms with E-state index in [2.05, 4.69) is 14.7 Å². The maximum absolute atomic E-state index is 12.5. The molecular formula is C13H8ClF2N3O2S. The topological polar surface area (TPSA) is 78.8 Å². The van der Waals surface area contributed by atoms with E-state index in [1.165, 1.54) is 18.2 Å². The maximum atomic E-state index is 12.5. The largest absolute Gasteiger partial charge is 0.434 e. The SMILES string of the molecule is CSc1nc(-c2cc(Cl)ccc2OC(F)F)c(C#N)c(=O)[nH]1. The summed E-state index contributed by atoms with van der Waals surface area (Å²) >= 11 is 7.00. The second kappa shape index (κ2) is 6.77. The average Bonchev–Trinajstić information content (AvgIpc) is 2.47. The Morgan fingerprint density at radius 1 is 1.50 bits per heavy atom. The molecule has 0 saturated carbocycles. The summed E-state index contributed by atoms with van der Waals surface area (Å²) in [4.78, 5) is 18.4. The standard InChI is InChI=1S/C13H8ClF2N3O2S/c1-22-13-18-10(8(5-17)11(20)19-13)7-4-6(14)2-3-9(7)21-12(15)16/h2-4,12H,1H3,(H,18,19,20). The van der Waals surface area contributed by atoms with E-state index in [0.29, 0.717) is 0 Å². The highest BCUT2D eigenvalue weighted by Gasteiger charge is 2.19. The molecule has 22 heavy (non-hydrogen) atoms. The molecule has 114 valence electrons. The van der Waals surface area contributed by atoms with Crippen LogP contribution in [0, 0.1) is 11.3 Å². The molecule has 5 nitrogen and oxygen atoms in total. The van der Waals surface area contributed by atoms with Crippen molar-refractivity contribution in [2.45, 2.75) is 11.8 Å². The third-order valence-corrected chi connectivity index (χ3v) is 3.43. The van der Waals surface area contributed by atoms with Crippen molar-refractivity contribution in [1.29, 1.82) is 5.26 Å². The number of alkyl halides is 2. The summed E-state index contributed by atoms with van der Waals surface area (Å²) < 4.78 is 29.4. The predicted octanol–water partition coefficient (Wildman–Crippen LogP) is 3.29. The highest BCUT2D eigenvalue weighted by Crippen LogP contribution is 2.34. The number of hydrogen-bond acceptors (Lipinski definition) is 5. The molecule has 1 aromatic heterocycles. The van der Waals surface area contributed by atoms with Crippen LogP contribution in [0.25, 0.3) is 11.3 Å². The van der Waals surface area contributed by atoms with Crippen LogP contribution in [-0.2, 0) is 0 Å². The van der Waals surface area contributed by atoms with E-state index in [1.54, 1.807) is 12.3 Å². The van der Waals surface area contributed by atoms with Crippen LogP contribution in [0.1, 0.15) is 5.56 Å². The summed E-state index contributed by atoms with van der Waals surface area (Å²) in [6, 6.07) is 5.61. The predicted molar refractivity (Wildman–Crippen MR) is 78.4 cm³/mol. The van der Waals surface area contributed by atoms with Gasteiger partial charge in [-0.2, -0.15) is 14.0 Å². The van der Waals surface area contributed by atoms with Gasteiger partial charge in [0, 0.05) is 10.6 Å². The Morgan fingerprint density at radius 3 is 2.82 bits per heavy atom. The number of rotatable bonds is 4. The molecule has 2 rings (SSSR count). The van der Waals surface area contributed by atoms with Crippen molar-refractivity contribution < 1.29 is 13.5 Å². The lowest BCUT2D eigenvalue weighted by atomic mass is 10.1. The Morgan fingerprint density at radius 2 is 2.23 bits per heavy atom. The molecule has 1 heterocycles.